The van der Waals surface area contributed by atoms with Crippen LogP contribution in [0.4, 0.5) is 0 Å². The molecule has 0 aromatic carbocycles. The summed E-state index contributed by atoms with van der Waals surface area (Å²) in [6, 6.07) is 0. The van der Waals surface area contributed by atoms with Crippen LogP contribution in [-0.2, 0) is 85.5 Å². The summed E-state index contributed by atoms with van der Waals surface area (Å²) in [7, 11) is 0. The minimum atomic E-state index is -2.06. The Balaban J connectivity index is 1.28. The molecule has 120 heavy (non-hydrogen) atoms. The molecule has 6 fully saturated rings. The molecule has 6 aliphatic rings. The van der Waals surface area contributed by atoms with E-state index in [1.54, 1.807) is 20.8 Å². The fourth-order valence-corrected chi connectivity index (χ4v) is 17.6. The van der Waals surface area contributed by atoms with Gasteiger partial charge < -0.3 is 107 Å². The molecule has 0 aromatic rings. The van der Waals surface area contributed by atoms with Gasteiger partial charge in [-0.25, -0.2) is 0 Å². The lowest BCUT2D eigenvalue weighted by Crippen LogP contribution is -2.68. The molecule has 6 heterocycles. The van der Waals surface area contributed by atoms with Gasteiger partial charge in [0.15, 0.2) is 49.8 Å². The number of ether oxygens (including phenoxy) is 14. The predicted octanol–water partition coefficient (Wildman–Crippen LogP) is 16.3. The molecule has 26 heteroatoms. The Hall–Kier alpha value is -2.84. The van der Waals surface area contributed by atoms with Crippen LogP contribution in [0.5, 0.6) is 0 Å². The zero-order chi connectivity index (χ0) is 86.8. The highest BCUT2D eigenvalue weighted by Gasteiger charge is 2.59. The van der Waals surface area contributed by atoms with E-state index in [9.17, 15) is 60.0 Å². The first-order valence-electron chi connectivity index (χ1n) is 48.9. The van der Waals surface area contributed by atoms with E-state index in [4.69, 9.17) is 66.3 Å². The Morgan fingerprint density at radius 3 is 1.21 bits per heavy atom. The van der Waals surface area contributed by atoms with Gasteiger partial charge in [0.2, 0.25) is 0 Å². The van der Waals surface area contributed by atoms with Crippen molar-refractivity contribution >= 4 is 23.9 Å². The normalized spacial score (nSPS) is 33.1. The van der Waals surface area contributed by atoms with E-state index in [1.165, 1.54) is 148 Å². The summed E-state index contributed by atoms with van der Waals surface area (Å²) in [6.07, 6.45) is 12.4. The van der Waals surface area contributed by atoms with Gasteiger partial charge in [-0.15, -0.1) is 0 Å². The lowest BCUT2D eigenvalue weighted by Gasteiger charge is -2.51. The van der Waals surface area contributed by atoms with Gasteiger partial charge >= 0.3 is 23.9 Å². The van der Waals surface area contributed by atoms with Crippen molar-refractivity contribution in [1.82, 2.24) is 0 Å². The Labute approximate surface area is 721 Å². The lowest BCUT2D eigenvalue weighted by molar-refractivity contribution is -0.400. The molecular formula is C94H170O26. The molecule has 0 spiro atoms. The second kappa shape index (κ2) is 62.4. The van der Waals surface area contributed by atoms with Crippen LogP contribution in [0, 0.1) is 0 Å². The Morgan fingerprint density at radius 2 is 0.700 bits per heavy atom. The summed E-state index contributed by atoms with van der Waals surface area (Å²) in [6.45, 7) is 14.5. The molecule has 26 atom stereocenters. The fourth-order valence-electron chi connectivity index (χ4n) is 17.6. The maximum atomic E-state index is 14.8. The number of hydrogen-bond donors (Lipinski definition) is 8. The molecule has 6 aliphatic heterocycles. The highest BCUT2D eigenvalue weighted by atomic mass is 16.8. The summed E-state index contributed by atoms with van der Waals surface area (Å²) in [5.74, 6) is -2.63. The van der Waals surface area contributed by atoms with Crippen molar-refractivity contribution in [2.75, 3.05) is 6.61 Å². The summed E-state index contributed by atoms with van der Waals surface area (Å²) >= 11 is 0. The Bertz CT molecular complexity index is 2630. The van der Waals surface area contributed by atoms with Crippen LogP contribution in [0.25, 0.3) is 0 Å². The minimum absolute atomic E-state index is 0.0430. The molecule has 8 N–H and O–H groups in total. The number of esters is 4. The van der Waals surface area contributed by atoms with Crippen LogP contribution in [0.3, 0.4) is 0 Å². The van der Waals surface area contributed by atoms with E-state index in [-0.39, 0.29) is 31.8 Å². The van der Waals surface area contributed by atoms with Crippen LogP contribution < -0.4 is 0 Å². The molecule has 0 aromatic heterocycles. The summed E-state index contributed by atoms with van der Waals surface area (Å²) < 4.78 is 90.4. The van der Waals surface area contributed by atoms with Gasteiger partial charge in [-0.05, 0) is 66.2 Å². The predicted molar refractivity (Wildman–Crippen MR) is 456 cm³/mol. The highest BCUT2D eigenvalue weighted by Crippen LogP contribution is 2.40. The van der Waals surface area contributed by atoms with Crippen LogP contribution in [0.15, 0.2) is 0 Å². The zero-order valence-corrected chi connectivity index (χ0v) is 75.5. The topological polar surface area (TPSA) is 359 Å². The standard InChI is InChI=1S/C94H170O26/c1-9-13-17-20-23-26-29-32-35-38-43-48-54-60-71(95)107-64-70-76(100)77(101)80(104)91(113-70)120-88-85(118-90-81(105)79(103)83(66(6)109-90)114-72(96)61-55-49-44-39-36-33-30-27-24-21-18-14-10-2)68(8)111-94(89(88)116-74(98)63-57-50-45-40-37-34-31-28-25-22-19-15-11-3)117-84-67(7)110-93-87(82(84)106)115-73(97)62-56-51-46-41-42-47-53-59-69(58-52-16-12-4)112-92-86(119-93)78(102)75(99)65(5)108-92/h65-70,75-94,99-106H,9-64H2,1-8H3. The number of fused-ring (bicyclic) bond motifs is 2. The van der Waals surface area contributed by atoms with Crippen LogP contribution in [0.2, 0.25) is 0 Å². The van der Waals surface area contributed by atoms with E-state index >= 15 is 0 Å². The molecule has 0 bridgehead atoms. The van der Waals surface area contributed by atoms with Crippen molar-refractivity contribution < 1.29 is 126 Å². The van der Waals surface area contributed by atoms with Crippen molar-refractivity contribution in [1.29, 1.82) is 0 Å². The van der Waals surface area contributed by atoms with E-state index in [2.05, 4.69) is 27.7 Å². The molecule has 0 saturated carbocycles. The fraction of sp³-hybridized carbons (Fsp3) is 0.957. The summed E-state index contributed by atoms with van der Waals surface area (Å²) in [5, 5.41) is 95.8. The van der Waals surface area contributed by atoms with Crippen LogP contribution in [-0.4, -0.2) is 231 Å². The first-order chi connectivity index (χ1) is 58.1. The monoisotopic (exact) mass is 1720 g/mol. The van der Waals surface area contributed by atoms with E-state index in [0.29, 0.717) is 44.9 Å². The van der Waals surface area contributed by atoms with E-state index < -0.39 is 184 Å². The van der Waals surface area contributed by atoms with Gasteiger partial charge in [0, 0.05) is 25.7 Å². The molecule has 6 saturated heterocycles. The number of carbonyl (C=O) groups excluding carboxylic acids is 4. The summed E-state index contributed by atoms with van der Waals surface area (Å²) in [5.41, 5.74) is 0. The van der Waals surface area contributed by atoms with Crippen molar-refractivity contribution in [3.8, 4) is 0 Å². The Kier molecular flexibility index (Phi) is 55.1. The first-order valence-corrected chi connectivity index (χ1v) is 48.9. The van der Waals surface area contributed by atoms with Crippen LogP contribution >= 0.6 is 0 Å². The van der Waals surface area contributed by atoms with Gasteiger partial charge in [-0.2, -0.15) is 0 Å². The van der Waals surface area contributed by atoms with Gasteiger partial charge in [0.25, 0.3) is 0 Å². The average Bonchev–Trinajstić information content (AvgIpc) is 0.764. The number of hydrogen-bond acceptors (Lipinski definition) is 26. The molecule has 0 radical (unpaired) electrons. The first kappa shape index (κ1) is 106. The van der Waals surface area contributed by atoms with Gasteiger partial charge in [-0.1, -0.05) is 317 Å². The number of aliphatic hydroxyl groups excluding tert-OH is 8. The second-order valence-electron chi connectivity index (χ2n) is 36.0. The maximum absolute atomic E-state index is 14.8. The second-order valence-corrected chi connectivity index (χ2v) is 36.0. The Morgan fingerprint density at radius 1 is 0.317 bits per heavy atom. The number of aliphatic hydroxyl groups is 8. The third-order valence-electron chi connectivity index (χ3n) is 25.4. The average molecular weight is 1720 g/mol. The third-order valence-corrected chi connectivity index (χ3v) is 25.4. The number of carbonyl (C=O) groups is 4. The number of rotatable bonds is 56. The van der Waals surface area contributed by atoms with Crippen molar-refractivity contribution in [3.05, 3.63) is 0 Å². The molecule has 0 aliphatic carbocycles. The molecule has 26 unspecified atom stereocenters. The smallest absolute Gasteiger partial charge is 0.306 e. The lowest BCUT2D eigenvalue weighted by atomic mass is 9.95. The largest absolute Gasteiger partial charge is 0.463 e. The molecule has 6 rings (SSSR count). The molecule has 702 valence electrons. The third kappa shape index (κ3) is 39.0. The van der Waals surface area contributed by atoms with Crippen molar-refractivity contribution in [2.45, 2.75) is 568 Å². The van der Waals surface area contributed by atoms with Crippen molar-refractivity contribution in [3.63, 3.8) is 0 Å². The summed E-state index contributed by atoms with van der Waals surface area (Å²) in [4.78, 5) is 56.0. The molecule has 26 nitrogen and oxygen atoms in total. The molecular weight excluding hydrogens is 1550 g/mol. The van der Waals surface area contributed by atoms with Gasteiger partial charge in [0.05, 0.1) is 30.5 Å². The van der Waals surface area contributed by atoms with E-state index in [1.807, 2.05) is 0 Å². The SMILES string of the molecule is CCCCCCCCCCCCCCCC(=O)OCC1OC(OC2C(OC3OC(C)C(OC(=O)CCCCCCCCCCCCCCC)C(O)C3O)C(C)OC(OC3C(C)OC4OC5C(OC(CCCCC)CCCCCCCCCC(=O)OC4C3O)OC(C)C(O)C5O)C2OC(=O)CCCCCCCCCCCCCCC)C(O)C(O)C1O. The molecule has 0 amide bonds. The van der Waals surface area contributed by atoms with Gasteiger partial charge in [0.1, 0.15) is 86.0 Å². The highest BCUT2D eigenvalue weighted by molar-refractivity contribution is 5.70. The zero-order valence-electron chi connectivity index (χ0n) is 75.5. The van der Waals surface area contributed by atoms with E-state index in [0.717, 1.165) is 141 Å². The minimum Gasteiger partial charge on any atom is -0.463 e. The number of unbranched alkanes of at least 4 members (excludes halogenated alkanes) is 38. The van der Waals surface area contributed by atoms with Gasteiger partial charge in [-0.3, -0.25) is 19.2 Å². The maximum Gasteiger partial charge on any atom is 0.306 e. The quantitative estimate of drug-likeness (QED) is 0.0159. The van der Waals surface area contributed by atoms with Crippen LogP contribution in [0.1, 0.15) is 409 Å². The van der Waals surface area contributed by atoms with Crippen molar-refractivity contribution in [2.24, 2.45) is 0 Å².